The summed E-state index contributed by atoms with van der Waals surface area (Å²) in [5, 5.41) is 9.29. The zero-order valence-corrected chi connectivity index (χ0v) is 9.13. The molecule has 1 aliphatic heterocycles. The van der Waals surface area contributed by atoms with Crippen LogP contribution in [0.1, 0.15) is 5.82 Å². The Kier molecular flexibility index (Phi) is 3.22. The van der Waals surface area contributed by atoms with Crippen LogP contribution in [-0.2, 0) is 4.79 Å². The number of aromatic nitrogens is 2. The fourth-order valence-corrected chi connectivity index (χ4v) is 2.21. The van der Waals surface area contributed by atoms with Gasteiger partial charge in [-0.05, 0) is 6.92 Å². The molecule has 15 heavy (non-hydrogen) atoms. The van der Waals surface area contributed by atoms with Crippen LogP contribution in [0.4, 0.5) is 6.01 Å². The molecule has 1 saturated heterocycles. The van der Waals surface area contributed by atoms with Gasteiger partial charge in [0.2, 0.25) is 5.91 Å². The van der Waals surface area contributed by atoms with E-state index in [4.69, 9.17) is 4.52 Å². The number of anilines is 1. The summed E-state index contributed by atoms with van der Waals surface area (Å²) >= 11 is 1.76. The van der Waals surface area contributed by atoms with Gasteiger partial charge in [0.1, 0.15) is 0 Å². The summed E-state index contributed by atoms with van der Waals surface area (Å²) < 4.78 is 4.80. The summed E-state index contributed by atoms with van der Waals surface area (Å²) in [6.07, 6.45) is 0. The Balaban J connectivity index is 1.91. The molecule has 7 heteroatoms. The standard InChI is InChI=1S/C8H12N4O2S/c1-5-10-8(14-12-5)11-7(13)6-4-15-3-2-9-6/h6,9H,2-4H2,1H3,(H,10,11,12,13). The van der Waals surface area contributed by atoms with Crippen LogP contribution in [0.15, 0.2) is 4.52 Å². The van der Waals surface area contributed by atoms with Gasteiger partial charge in [0.05, 0.1) is 6.04 Å². The number of nitrogens with one attached hydrogen (secondary N) is 2. The van der Waals surface area contributed by atoms with E-state index in [9.17, 15) is 4.79 Å². The van der Waals surface area contributed by atoms with Gasteiger partial charge in [-0.15, -0.1) is 0 Å². The van der Waals surface area contributed by atoms with Crippen molar-refractivity contribution in [3.8, 4) is 0 Å². The van der Waals surface area contributed by atoms with Crippen LogP contribution in [0, 0.1) is 6.92 Å². The second-order valence-corrected chi connectivity index (χ2v) is 4.37. The fraction of sp³-hybridized carbons (Fsp3) is 0.625. The van der Waals surface area contributed by atoms with Crippen molar-refractivity contribution in [2.75, 3.05) is 23.4 Å². The molecule has 2 rings (SSSR count). The van der Waals surface area contributed by atoms with Gasteiger partial charge in [0, 0.05) is 18.1 Å². The minimum atomic E-state index is -0.170. The molecule has 1 unspecified atom stereocenters. The highest BCUT2D eigenvalue weighted by molar-refractivity contribution is 7.99. The molecule has 0 aliphatic carbocycles. The number of hydrogen-bond acceptors (Lipinski definition) is 6. The van der Waals surface area contributed by atoms with E-state index >= 15 is 0 Å². The van der Waals surface area contributed by atoms with E-state index in [-0.39, 0.29) is 18.0 Å². The Labute approximate surface area is 91.2 Å². The molecule has 1 atom stereocenters. The Hall–Kier alpha value is -1.08. The average molecular weight is 228 g/mol. The zero-order valence-electron chi connectivity index (χ0n) is 8.32. The molecule has 1 fully saturated rings. The van der Waals surface area contributed by atoms with Crippen molar-refractivity contribution in [2.24, 2.45) is 0 Å². The van der Waals surface area contributed by atoms with Crippen molar-refractivity contribution < 1.29 is 9.32 Å². The third kappa shape index (κ3) is 2.69. The number of amides is 1. The first-order chi connectivity index (χ1) is 7.25. The number of aryl methyl sites for hydroxylation is 1. The molecule has 0 aromatic carbocycles. The van der Waals surface area contributed by atoms with Crippen LogP contribution >= 0.6 is 11.8 Å². The first-order valence-electron chi connectivity index (χ1n) is 4.68. The van der Waals surface area contributed by atoms with Crippen molar-refractivity contribution in [1.29, 1.82) is 0 Å². The Bertz CT molecular complexity index is 348. The SMILES string of the molecule is Cc1noc(NC(=O)C2CSCCN2)n1. The topological polar surface area (TPSA) is 80.0 Å². The summed E-state index contributed by atoms with van der Waals surface area (Å²) in [7, 11) is 0. The van der Waals surface area contributed by atoms with E-state index in [0.717, 1.165) is 18.1 Å². The molecule has 0 spiro atoms. The average Bonchev–Trinajstić information content (AvgIpc) is 2.65. The van der Waals surface area contributed by atoms with Crippen molar-refractivity contribution in [3.05, 3.63) is 5.82 Å². The minimum absolute atomic E-state index is 0.120. The molecule has 82 valence electrons. The largest absolute Gasteiger partial charge is 0.328 e. The number of nitrogens with zero attached hydrogens (tertiary/aromatic N) is 2. The second-order valence-electron chi connectivity index (χ2n) is 3.22. The highest BCUT2D eigenvalue weighted by atomic mass is 32.2. The Morgan fingerprint density at radius 2 is 2.60 bits per heavy atom. The van der Waals surface area contributed by atoms with E-state index in [0.29, 0.717) is 5.82 Å². The normalized spacial score (nSPS) is 21.3. The summed E-state index contributed by atoms with van der Waals surface area (Å²) in [5.74, 6) is 2.21. The van der Waals surface area contributed by atoms with Gasteiger partial charge in [-0.3, -0.25) is 10.1 Å². The van der Waals surface area contributed by atoms with Crippen molar-refractivity contribution in [3.63, 3.8) is 0 Å². The van der Waals surface area contributed by atoms with Gasteiger partial charge >= 0.3 is 6.01 Å². The molecule has 1 aromatic rings. The molecule has 6 nitrogen and oxygen atoms in total. The summed E-state index contributed by atoms with van der Waals surface area (Å²) in [6, 6.07) is -0.00849. The molecule has 1 amide bonds. The quantitative estimate of drug-likeness (QED) is 0.743. The fourth-order valence-electron chi connectivity index (χ4n) is 1.27. The maximum absolute atomic E-state index is 11.7. The van der Waals surface area contributed by atoms with Crippen molar-refractivity contribution in [2.45, 2.75) is 13.0 Å². The van der Waals surface area contributed by atoms with E-state index in [1.165, 1.54) is 0 Å². The van der Waals surface area contributed by atoms with Gasteiger partial charge in [0.15, 0.2) is 5.82 Å². The lowest BCUT2D eigenvalue weighted by Crippen LogP contribution is -2.46. The third-order valence-corrected chi connectivity index (χ3v) is 3.06. The predicted octanol–water partition coefficient (Wildman–Crippen LogP) is 0.0215. The Morgan fingerprint density at radius 1 is 1.73 bits per heavy atom. The lowest BCUT2D eigenvalue weighted by atomic mass is 10.3. The maximum atomic E-state index is 11.7. The lowest BCUT2D eigenvalue weighted by Gasteiger charge is -2.21. The number of carbonyl (C=O) groups is 1. The molecular formula is C8H12N4O2S. The molecular weight excluding hydrogens is 216 g/mol. The summed E-state index contributed by atoms with van der Waals surface area (Å²) in [5.41, 5.74) is 0. The number of thioether (sulfide) groups is 1. The first kappa shape index (κ1) is 10.4. The van der Waals surface area contributed by atoms with Crippen LogP contribution in [-0.4, -0.2) is 40.1 Å². The van der Waals surface area contributed by atoms with Crippen LogP contribution < -0.4 is 10.6 Å². The molecule has 0 radical (unpaired) electrons. The van der Waals surface area contributed by atoms with Gasteiger partial charge < -0.3 is 9.84 Å². The monoisotopic (exact) mass is 228 g/mol. The van der Waals surface area contributed by atoms with E-state index < -0.39 is 0 Å². The molecule has 0 saturated carbocycles. The van der Waals surface area contributed by atoms with Crippen LogP contribution in [0.25, 0.3) is 0 Å². The van der Waals surface area contributed by atoms with E-state index in [1.54, 1.807) is 18.7 Å². The smallest absolute Gasteiger partial charge is 0.315 e. The molecule has 2 N–H and O–H groups in total. The Morgan fingerprint density at radius 3 is 3.20 bits per heavy atom. The number of hydrogen-bond donors (Lipinski definition) is 2. The maximum Gasteiger partial charge on any atom is 0.328 e. The summed E-state index contributed by atoms with van der Waals surface area (Å²) in [4.78, 5) is 15.6. The molecule has 0 bridgehead atoms. The first-order valence-corrected chi connectivity index (χ1v) is 5.83. The van der Waals surface area contributed by atoms with Crippen LogP contribution in [0.3, 0.4) is 0 Å². The molecule has 1 aliphatic rings. The van der Waals surface area contributed by atoms with Crippen LogP contribution in [0.5, 0.6) is 0 Å². The number of carbonyl (C=O) groups excluding carboxylic acids is 1. The van der Waals surface area contributed by atoms with E-state index in [2.05, 4.69) is 20.8 Å². The van der Waals surface area contributed by atoms with Crippen molar-refractivity contribution >= 4 is 23.7 Å². The second kappa shape index (κ2) is 4.63. The zero-order chi connectivity index (χ0) is 10.7. The van der Waals surface area contributed by atoms with Gasteiger partial charge in [-0.2, -0.15) is 16.7 Å². The minimum Gasteiger partial charge on any atom is -0.315 e. The lowest BCUT2D eigenvalue weighted by molar-refractivity contribution is -0.117. The highest BCUT2D eigenvalue weighted by Crippen LogP contribution is 2.10. The predicted molar refractivity (Wildman–Crippen MR) is 56.8 cm³/mol. The van der Waals surface area contributed by atoms with Gasteiger partial charge in [-0.25, -0.2) is 0 Å². The van der Waals surface area contributed by atoms with Gasteiger partial charge in [0.25, 0.3) is 0 Å². The number of rotatable bonds is 2. The highest BCUT2D eigenvalue weighted by Gasteiger charge is 2.22. The third-order valence-electron chi connectivity index (χ3n) is 2.00. The summed E-state index contributed by atoms with van der Waals surface area (Å²) in [6.45, 7) is 2.56. The molecule has 2 heterocycles. The van der Waals surface area contributed by atoms with Gasteiger partial charge in [-0.1, -0.05) is 5.16 Å². The molecule has 1 aromatic heterocycles. The van der Waals surface area contributed by atoms with Crippen molar-refractivity contribution in [1.82, 2.24) is 15.5 Å². The van der Waals surface area contributed by atoms with E-state index in [1.807, 2.05) is 0 Å². The van der Waals surface area contributed by atoms with Crippen LogP contribution in [0.2, 0.25) is 0 Å².